The van der Waals surface area contributed by atoms with Gasteiger partial charge in [0, 0.05) is 18.5 Å². The van der Waals surface area contributed by atoms with Crippen LogP contribution in [-0.4, -0.2) is 43.8 Å². The fourth-order valence-corrected chi connectivity index (χ4v) is 4.38. The number of carbonyl (C=O) groups is 2. The first-order valence-corrected chi connectivity index (χ1v) is 9.74. The van der Waals surface area contributed by atoms with Crippen molar-refractivity contribution >= 4 is 33.2 Å². The molecule has 1 aromatic heterocycles. The van der Waals surface area contributed by atoms with Gasteiger partial charge in [-0.05, 0) is 29.6 Å². The number of amides is 2. The average molecular weight is 401 g/mol. The fourth-order valence-electron chi connectivity index (χ4n) is 2.22. The van der Waals surface area contributed by atoms with Crippen LogP contribution in [0.15, 0.2) is 39.9 Å². The van der Waals surface area contributed by atoms with Crippen LogP contribution >= 0.6 is 11.3 Å². The third kappa shape index (κ3) is 3.59. The largest absolute Gasteiger partial charge is 0.272 e. The Morgan fingerprint density at radius 2 is 1.85 bits per heavy atom. The predicted molar refractivity (Wildman–Crippen MR) is 89.3 cm³/mol. The Balaban J connectivity index is 1.75. The van der Waals surface area contributed by atoms with Gasteiger partial charge in [0.25, 0.3) is 11.8 Å². The van der Waals surface area contributed by atoms with E-state index in [0.29, 0.717) is 5.56 Å². The highest BCUT2D eigenvalue weighted by molar-refractivity contribution is 7.89. The van der Waals surface area contributed by atoms with E-state index in [4.69, 9.17) is 0 Å². The molecule has 0 radical (unpaired) electrons. The van der Waals surface area contributed by atoms with E-state index in [-0.39, 0.29) is 18.0 Å². The smallest absolute Gasteiger partial charge is 0.267 e. The molecule has 1 aromatic carbocycles. The molecule has 0 unspecified atom stereocenters. The normalized spacial score (nSPS) is 15.3. The lowest BCUT2D eigenvalue weighted by atomic mass is 10.2. The Labute approximate surface area is 151 Å². The molecule has 2 amide bonds. The second-order valence-corrected chi connectivity index (χ2v) is 8.20. The zero-order chi connectivity index (χ0) is 18.9. The van der Waals surface area contributed by atoms with Crippen LogP contribution in [0.1, 0.15) is 20.7 Å². The van der Waals surface area contributed by atoms with Crippen LogP contribution in [0.4, 0.5) is 8.78 Å². The summed E-state index contributed by atoms with van der Waals surface area (Å²) in [6.07, 6.45) is -1.24. The number of hydrogen-bond acceptors (Lipinski definition) is 5. The molecule has 1 saturated heterocycles. The van der Waals surface area contributed by atoms with Crippen molar-refractivity contribution in [1.82, 2.24) is 15.2 Å². The molecule has 0 bridgehead atoms. The Morgan fingerprint density at radius 1 is 1.15 bits per heavy atom. The summed E-state index contributed by atoms with van der Waals surface area (Å²) in [5, 5.41) is 3.23. The Kier molecular flexibility index (Phi) is 5.03. The number of rotatable bonds is 4. The summed E-state index contributed by atoms with van der Waals surface area (Å²) in [5.74, 6) is -2.58. The minimum atomic E-state index is -4.01. The molecule has 26 heavy (non-hydrogen) atoms. The predicted octanol–water partition coefficient (Wildman–Crippen LogP) is 1.30. The lowest BCUT2D eigenvalue weighted by Gasteiger charge is -2.33. The molecule has 1 fully saturated rings. The summed E-state index contributed by atoms with van der Waals surface area (Å²) in [6.45, 7) is -0.560. The van der Waals surface area contributed by atoms with Crippen molar-refractivity contribution in [2.75, 3.05) is 13.1 Å². The van der Waals surface area contributed by atoms with E-state index in [0.717, 1.165) is 22.5 Å². The lowest BCUT2D eigenvalue weighted by molar-refractivity contribution is 0.0844. The minimum Gasteiger partial charge on any atom is -0.267 e. The first-order valence-electron chi connectivity index (χ1n) is 7.35. The van der Waals surface area contributed by atoms with Gasteiger partial charge >= 0.3 is 0 Å². The molecule has 7 nitrogen and oxygen atoms in total. The van der Waals surface area contributed by atoms with Gasteiger partial charge in [0.15, 0.2) is 0 Å². The molecule has 0 saturated carbocycles. The van der Waals surface area contributed by atoms with E-state index in [9.17, 15) is 26.8 Å². The molecule has 1 aliphatic rings. The molecule has 2 aromatic rings. The van der Waals surface area contributed by atoms with E-state index in [1.165, 1.54) is 17.4 Å². The summed E-state index contributed by atoms with van der Waals surface area (Å²) >= 11 is 1.28. The molecule has 2 heterocycles. The molecule has 1 aliphatic heterocycles. The third-order valence-electron chi connectivity index (χ3n) is 3.70. The van der Waals surface area contributed by atoms with Crippen LogP contribution in [0.5, 0.6) is 0 Å². The molecule has 0 atom stereocenters. The standard InChI is InChI=1S/C15H13F2N3O4S2/c16-10-6-20(7-10)26(23,24)11-1-2-13(17)12(5-11)15(22)19-18-14(21)9-3-4-25-8-9/h1-5,8,10H,6-7H2,(H,18,21)(H,19,22). The second kappa shape index (κ2) is 7.09. The number of alkyl halides is 1. The van der Waals surface area contributed by atoms with Crippen LogP contribution in [0.25, 0.3) is 0 Å². The second-order valence-electron chi connectivity index (χ2n) is 5.48. The van der Waals surface area contributed by atoms with Crippen molar-refractivity contribution in [1.29, 1.82) is 0 Å². The number of nitrogens with zero attached hydrogens (tertiary/aromatic N) is 1. The number of sulfonamides is 1. The number of hydrazine groups is 1. The van der Waals surface area contributed by atoms with E-state index in [1.807, 2.05) is 5.43 Å². The molecule has 2 N–H and O–H groups in total. The van der Waals surface area contributed by atoms with Crippen LogP contribution in [0.2, 0.25) is 0 Å². The SMILES string of the molecule is O=C(NNC(=O)c1cc(S(=O)(=O)N2CC(F)C2)ccc1F)c1ccsc1. The van der Waals surface area contributed by atoms with Crippen LogP contribution in [0.3, 0.4) is 0 Å². The number of carbonyl (C=O) groups excluding carboxylic acids is 2. The van der Waals surface area contributed by atoms with Gasteiger partial charge in [-0.2, -0.15) is 15.6 Å². The number of thiophene rings is 1. The summed E-state index contributed by atoms with van der Waals surface area (Å²) < 4.78 is 52.3. The minimum absolute atomic E-state index is 0.280. The topological polar surface area (TPSA) is 95.6 Å². The van der Waals surface area contributed by atoms with E-state index in [2.05, 4.69) is 5.43 Å². The number of hydrogen-bond donors (Lipinski definition) is 2. The average Bonchev–Trinajstić information content (AvgIpc) is 3.11. The summed E-state index contributed by atoms with van der Waals surface area (Å²) in [4.78, 5) is 23.5. The van der Waals surface area contributed by atoms with Gasteiger partial charge in [-0.25, -0.2) is 17.2 Å². The van der Waals surface area contributed by atoms with Gasteiger partial charge in [0.2, 0.25) is 10.0 Å². The van der Waals surface area contributed by atoms with Gasteiger partial charge in [-0.15, -0.1) is 0 Å². The monoisotopic (exact) mass is 401 g/mol. The van der Waals surface area contributed by atoms with Gasteiger partial charge in [0.05, 0.1) is 16.0 Å². The number of nitrogens with one attached hydrogen (secondary N) is 2. The maximum atomic E-state index is 13.9. The maximum absolute atomic E-state index is 13.9. The zero-order valence-electron chi connectivity index (χ0n) is 13.1. The first kappa shape index (κ1) is 18.4. The van der Waals surface area contributed by atoms with Crippen molar-refractivity contribution in [2.24, 2.45) is 0 Å². The molecular weight excluding hydrogens is 388 g/mol. The van der Waals surface area contributed by atoms with Crippen molar-refractivity contribution in [3.8, 4) is 0 Å². The zero-order valence-corrected chi connectivity index (χ0v) is 14.7. The van der Waals surface area contributed by atoms with Crippen molar-refractivity contribution in [2.45, 2.75) is 11.1 Å². The number of halogens is 2. The van der Waals surface area contributed by atoms with E-state index < -0.39 is 39.4 Å². The summed E-state index contributed by atoms with van der Waals surface area (Å²) in [5.41, 5.74) is 3.89. The Hall–Kier alpha value is -2.37. The molecule has 0 aliphatic carbocycles. The molecule has 3 rings (SSSR count). The fraction of sp³-hybridized carbons (Fsp3) is 0.200. The van der Waals surface area contributed by atoms with Crippen molar-refractivity contribution in [3.63, 3.8) is 0 Å². The Morgan fingerprint density at radius 3 is 2.46 bits per heavy atom. The van der Waals surface area contributed by atoms with Crippen molar-refractivity contribution < 1.29 is 26.8 Å². The van der Waals surface area contributed by atoms with Crippen LogP contribution < -0.4 is 10.9 Å². The highest BCUT2D eigenvalue weighted by atomic mass is 32.2. The highest BCUT2D eigenvalue weighted by Crippen LogP contribution is 2.24. The molecule has 0 spiro atoms. The molecule has 138 valence electrons. The number of benzene rings is 1. The lowest BCUT2D eigenvalue weighted by Crippen LogP contribution is -2.51. The summed E-state index contributed by atoms with van der Waals surface area (Å²) in [7, 11) is -4.01. The summed E-state index contributed by atoms with van der Waals surface area (Å²) in [6, 6.07) is 4.21. The highest BCUT2D eigenvalue weighted by Gasteiger charge is 2.37. The maximum Gasteiger partial charge on any atom is 0.272 e. The quantitative estimate of drug-likeness (QED) is 0.755. The van der Waals surface area contributed by atoms with Gasteiger partial charge < -0.3 is 0 Å². The molecule has 11 heteroatoms. The van der Waals surface area contributed by atoms with Crippen LogP contribution in [-0.2, 0) is 10.0 Å². The van der Waals surface area contributed by atoms with E-state index in [1.54, 1.807) is 10.8 Å². The van der Waals surface area contributed by atoms with Gasteiger partial charge in [0.1, 0.15) is 12.0 Å². The Bertz CT molecular complexity index is 942. The van der Waals surface area contributed by atoms with Gasteiger partial charge in [-0.3, -0.25) is 20.4 Å². The molecular formula is C15H13F2N3O4S2. The van der Waals surface area contributed by atoms with Crippen molar-refractivity contribution in [3.05, 3.63) is 52.0 Å². The third-order valence-corrected chi connectivity index (χ3v) is 6.21. The van der Waals surface area contributed by atoms with E-state index >= 15 is 0 Å². The van der Waals surface area contributed by atoms with Crippen LogP contribution in [0, 0.1) is 5.82 Å². The van der Waals surface area contributed by atoms with Gasteiger partial charge in [-0.1, -0.05) is 0 Å². The first-order chi connectivity index (χ1) is 12.3.